The molecule has 0 radical (unpaired) electrons. The van der Waals surface area contributed by atoms with Crippen LogP contribution in [-0.2, 0) is 33.8 Å². The Hall–Kier alpha value is -3.79. The third-order valence-corrected chi connectivity index (χ3v) is 8.03. The number of nitro benzene ring substituents is 1. The number of aryl methyl sites for hydroxylation is 1. The standard InChI is InChI=1S/C30H39N5O5/c1-18(31-5)27(36)33-26(30(2,3)4)29(38)34-17-21-15-22(35(39)40)14-13-20(21)16-25(34)28(37)32-24-12-8-10-19-9-6-7-11-23(19)24/h6-7,9,11,13-15,18,24-26,31H,8,10,12,16-17H2,1-5H3,(H,32,37)(H,33,36)/t18-,24+,25-,26?/m0/s1. The number of non-ortho nitro benzene ring substituents is 1. The summed E-state index contributed by atoms with van der Waals surface area (Å²) in [4.78, 5) is 53.4. The van der Waals surface area contributed by atoms with Crippen molar-refractivity contribution in [2.45, 2.75) is 84.1 Å². The van der Waals surface area contributed by atoms with E-state index in [0.29, 0.717) is 5.56 Å². The molecule has 1 aliphatic heterocycles. The fourth-order valence-corrected chi connectivity index (χ4v) is 5.53. The van der Waals surface area contributed by atoms with Crippen molar-refractivity contribution in [2.75, 3.05) is 7.05 Å². The molecule has 0 saturated carbocycles. The van der Waals surface area contributed by atoms with Gasteiger partial charge >= 0.3 is 0 Å². The smallest absolute Gasteiger partial charge is 0.269 e. The van der Waals surface area contributed by atoms with Crippen molar-refractivity contribution in [3.63, 3.8) is 0 Å². The zero-order valence-corrected chi connectivity index (χ0v) is 23.8. The number of carbonyl (C=O) groups excluding carboxylic acids is 3. The fourth-order valence-electron chi connectivity index (χ4n) is 5.53. The molecule has 0 bridgehead atoms. The summed E-state index contributed by atoms with van der Waals surface area (Å²) in [5.41, 5.74) is 2.98. The monoisotopic (exact) mass is 549 g/mol. The fraction of sp³-hybridized carbons (Fsp3) is 0.500. The Morgan fingerprint density at radius 2 is 1.80 bits per heavy atom. The predicted molar refractivity (Wildman–Crippen MR) is 151 cm³/mol. The zero-order chi connectivity index (χ0) is 29.2. The van der Waals surface area contributed by atoms with E-state index >= 15 is 0 Å². The lowest BCUT2D eigenvalue weighted by Crippen LogP contribution is -2.62. The molecule has 0 saturated heterocycles. The first-order chi connectivity index (χ1) is 18.9. The minimum atomic E-state index is -0.915. The summed E-state index contributed by atoms with van der Waals surface area (Å²) < 4.78 is 0. The van der Waals surface area contributed by atoms with Gasteiger partial charge in [-0.2, -0.15) is 0 Å². The Bertz CT molecular complexity index is 1300. The summed E-state index contributed by atoms with van der Waals surface area (Å²) in [7, 11) is 1.66. The van der Waals surface area contributed by atoms with Gasteiger partial charge in [-0.05, 0) is 60.9 Å². The summed E-state index contributed by atoms with van der Waals surface area (Å²) in [6.07, 6.45) is 2.93. The van der Waals surface area contributed by atoms with Crippen molar-refractivity contribution >= 4 is 23.4 Å². The molecule has 0 spiro atoms. The maximum Gasteiger partial charge on any atom is 0.269 e. The van der Waals surface area contributed by atoms with Gasteiger partial charge in [-0.1, -0.05) is 51.1 Å². The SMILES string of the molecule is CN[C@@H](C)C(=O)NC(C(=O)N1Cc2cc([N+](=O)[O-])ccc2C[C@H]1C(=O)N[C@@H]1CCCc2ccccc21)C(C)(C)C. The summed E-state index contributed by atoms with van der Waals surface area (Å²) >= 11 is 0. The molecule has 10 nitrogen and oxygen atoms in total. The first-order valence-corrected chi connectivity index (χ1v) is 13.8. The Morgan fingerprint density at radius 3 is 2.48 bits per heavy atom. The average Bonchev–Trinajstić information content (AvgIpc) is 2.93. The zero-order valence-electron chi connectivity index (χ0n) is 23.8. The van der Waals surface area contributed by atoms with Gasteiger partial charge in [-0.3, -0.25) is 24.5 Å². The van der Waals surface area contributed by atoms with Crippen LogP contribution in [0, 0.1) is 15.5 Å². The molecule has 0 aromatic heterocycles. The molecule has 1 unspecified atom stereocenters. The van der Waals surface area contributed by atoms with Gasteiger partial charge in [0.1, 0.15) is 12.1 Å². The number of nitro groups is 1. The van der Waals surface area contributed by atoms with Crippen molar-refractivity contribution in [1.82, 2.24) is 20.9 Å². The van der Waals surface area contributed by atoms with Crippen molar-refractivity contribution in [3.8, 4) is 0 Å². The number of carbonyl (C=O) groups is 3. The van der Waals surface area contributed by atoms with Crippen molar-refractivity contribution in [2.24, 2.45) is 5.41 Å². The normalized spacial score (nSPS) is 20.0. The van der Waals surface area contributed by atoms with Gasteiger partial charge in [0.15, 0.2) is 0 Å². The number of likely N-dealkylation sites (N-methyl/N-ethyl adjacent to an activating group) is 1. The Labute approximate surface area is 235 Å². The minimum Gasteiger partial charge on any atom is -0.347 e. The van der Waals surface area contributed by atoms with Crippen LogP contribution >= 0.6 is 0 Å². The lowest BCUT2D eigenvalue weighted by Gasteiger charge is -2.41. The third-order valence-electron chi connectivity index (χ3n) is 8.03. The van der Waals surface area contributed by atoms with E-state index < -0.39 is 34.4 Å². The lowest BCUT2D eigenvalue weighted by molar-refractivity contribution is -0.385. The van der Waals surface area contributed by atoms with Crippen molar-refractivity contribution in [1.29, 1.82) is 0 Å². The Balaban J connectivity index is 1.68. The molecule has 10 heteroatoms. The molecule has 2 aromatic carbocycles. The molecule has 3 N–H and O–H groups in total. The van der Waals surface area contributed by atoms with E-state index in [1.807, 2.05) is 39.0 Å². The van der Waals surface area contributed by atoms with Crippen LogP contribution in [0.15, 0.2) is 42.5 Å². The third kappa shape index (κ3) is 6.17. The van der Waals surface area contributed by atoms with Crippen LogP contribution in [0.25, 0.3) is 0 Å². The molecule has 2 aromatic rings. The van der Waals surface area contributed by atoms with Gasteiger partial charge in [0.05, 0.1) is 17.0 Å². The number of hydrogen-bond acceptors (Lipinski definition) is 6. The highest BCUT2D eigenvalue weighted by Crippen LogP contribution is 2.33. The Morgan fingerprint density at radius 1 is 1.07 bits per heavy atom. The topological polar surface area (TPSA) is 134 Å². The first kappa shape index (κ1) is 29.2. The average molecular weight is 550 g/mol. The summed E-state index contributed by atoms with van der Waals surface area (Å²) in [6.45, 7) is 7.30. The maximum absolute atomic E-state index is 14.2. The molecule has 4 rings (SSSR count). The summed E-state index contributed by atoms with van der Waals surface area (Å²) in [6, 6.07) is 10.2. The minimum absolute atomic E-state index is 0.0270. The summed E-state index contributed by atoms with van der Waals surface area (Å²) in [5.74, 6) is -1.00. The van der Waals surface area contributed by atoms with E-state index in [2.05, 4.69) is 22.0 Å². The van der Waals surface area contributed by atoms with E-state index in [0.717, 1.165) is 30.4 Å². The number of fused-ring (bicyclic) bond motifs is 2. The molecule has 1 heterocycles. The van der Waals surface area contributed by atoms with Crippen LogP contribution in [0.1, 0.15) is 68.8 Å². The quantitative estimate of drug-likeness (QED) is 0.359. The molecular formula is C30H39N5O5. The van der Waals surface area contributed by atoms with Gasteiger partial charge in [-0.15, -0.1) is 0 Å². The van der Waals surface area contributed by atoms with E-state index in [1.54, 1.807) is 20.0 Å². The largest absolute Gasteiger partial charge is 0.347 e. The molecule has 3 amide bonds. The van der Waals surface area contributed by atoms with Gasteiger partial charge in [0.2, 0.25) is 17.7 Å². The van der Waals surface area contributed by atoms with Crippen LogP contribution in [-0.4, -0.2) is 52.7 Å². The molecular weight excluding hydrogens is 510 g/mol. The summed E-state index contributed by atoms with van der Waals surface area (Å²) in [5, 5.41) is 20.4. The number of hydrogen-bond donors (Lipinski definition) is 3. The van der Waals surface area contributed by atoms with E-state index in [4.69, 9.17) is 0 Å². The van der Waals surface area contributed by atoms with Crippen LogP contribution in [0.4, 0.5) is 5.69 Å². The van der Waals surface area contributed by atoms with Crippen molar-refractivity contribution in [3.05, 3.63) is 74.8 Å². The van der Waals surface area contributed by atoms with E-state index in [-0.39, 0.29) is 36.5 Å². The number of rotatable bonds is 7. The van der Waals surface area contributed by atoms with E-state index in [1.165, 1.54) is 22.6 Å². The molecule has 40 heavy (non-hydrogen) atoms. The van der Waals surface area contributed by atoms with Gasteiger partial charge < -0.3 is 20.9 Å². The molecule has 4 atom stereocenters. The Kier molecular flexibility index (Phi) is 8.58. The van der Waals surface area contributed by atoms with Crippen LogP contribution in [0.3, 0.4) is 0 Å². The maximum atomic E-state index is 14.2. The first-order valence-electron chi connectivity index (χ1n) is 13.8. The van der Waals surface area contributed by atoms with Gasteiger partial charge in [0.25, 0.3) is 5.69 Å². The van der Waals surface area contributed by atoms with Gasteiger partial charge in [0, 0.05) is 25.1 Å². The predicted octanol–water partition coefficient (Wildman–Crippen LogP) is 3.18. The molecule has 0 fully saturated rings. The van der Waals surface area contributed by atoms with E-state index in [9.17, 15) is 24.5 Å². The highest BCUT2D eigenvalue weighted by Gasteiger charge is 2.43. The molecule has 1 aliphatic carbocycles. The second kappa shape index (κ2) is 11.8. The second-order valence-electron chi connectivity index (χ2n) is 11.9. The number of nitrogens with one attached hydrogen (secondary N) is 3. The second-order valence-corrected chi connectivity index (χ2v) is 11.9. The molecule has 2 aliphatic rings. The number of nitrogens with zero attached hydrogens (tertiary/aromatic N) is 2. The highest BCUT2D eigenvalue weighted by atomic mass is 16.6. The lowest BCUT2D eigenvalue weighted by atomic mass is 9.83. The number of benzene rings is 2. The van der Waals surface area contributed by atoms with Crippen LogP contribution in [0.5, 0.6) is 0 Å². The van der Waals surface area contributed by atoms with Crippen LogP contribution < -0.4 is 16.0 Å². The number of amides is 3. The van der Waals surface area contributed by atoms with Gasteiger partial charge in [-0.25, -0.2) is 0 Å². The van der Waals surface area contributed by atoms with Crippen molar-refractivity contribution < 1.29 is 19.3 Å². The molecule has 214 valence electrons. The highest BCUT2D eigenvalue weighted by molar-refractivity contribution is 5.94. The van der Waals surface area contributed by atoms with Crippen LogP contribution in [0.2, 0.25) is 0 Å².